The maximum absolute atomic E-state index is 11.4. The summed E-state index contributed by atoms with van der Waals surface area (Å²) in [5, 5.41) is 14.2. The maximum Gasteiger partial charge on any atom is 0.314 e. The van der Waals surface area contributed by atoms with E-state index in [2.05, 4.69) is 29.4 Å². The fourth-order valence-electron chi connectivity index (χ4n) is 2.34. The summed E-state index contributed by atoms with van der Waals surface area (Å²) in [6.07, 6.45) is 1.78. The van der Waals surface area contributed by atoms with Gasteiger partial charge in [-0.1, -0.05) is 13.8 Å². The molecule has 1 saturated heterocycles. The summed E-state index contributed by atoms with van der Waals surface area (Å²) in [5.41, 5.74) is 0. The lowest BCUT2D eigenvalue weighted by Crippen LogP contribution is -2.39. The van der Waals surface area contributed by atoms with E-state index in [9.17, 15) is 4.79 Å². The van der Waals surface area contributed by atoms with Crippen molar-refractivity contribution in [2.75, 3.05) is 39.3 Å². The predicted molar refractivity (Wildman–Crippen MR) is 72.5 cm³/mol. The number of carbonyl (C=O) groups excluding carboxylic acids is 1. The number of nitrogens with zero attached hydrogens (tertiary/aromatic N) is 1. The molecule has 0 spiro atoms. The molecule has 106 valence electrons. The molecule has 0 aromatic rings. The molecule has 18 heavy (non-hydrogen) atoms. The number of aliphatic hydroxyl groups excluding tert-OH is 1. The maximum atomic E-state index is 11.4. The smallest absolute Gasteiger partial charge is 0.314 e. The van der Waals surface area contributed by atoms with Gasteiger partial charge in [0.25, 0.3) is 0 Å². The minimum atomic E-state index is -0.120. The molecule has 1 fully saturated rings. The Morgan fingerprint density at radius 2 is 2.22 bits per heavy atom. The van der Waals surface area contributed by atoms with Crippen molar-refractivity contribution in [2.45, 2.75) is 26.7 Å². The highest BCUT2D eigenvalue weighted by molar-refractivity contribution is 5.73. The molecule has 1 atom stereocenters. The molecule has 0 aromatic carbocycles. The van der Waals surface area contributed by atoms with Crippen LogP contribution in [0.3, 0.4) is 0 Å². The van der Waals surface area contributed by atoms with E-state index in [0.717, 1.165) is 26.2 Å². The number of carbonyl (C=O) groups is 1. The zero-order chi connectivity index (χ0) is 13.4. The number of hydrogen-bond acceptors (Lipinski definition) is 3. The number of aliphatic hydroxyl groups is 1. The lowest BCUT2D eigenvalue weighted by molar-refractivity contribution is 0.235. The molecule has 1 unspecified atom stereocenters. The van der Waals surface area contributed by atoms with Crippen LogP contribution >= 0.6 is 0 Å². The Morgan fingerprint density at radius 1 is 1.44 bits per heavy atom. The zero-order valence-electron chi connectivity index (χ0n) is 11.6. The van der Waals surface area contributed by atoms with Crippen molar-refractivity contribution < 1.29 is 9.90 Å². The highest BCUT2D eigenvalue weighted by atomic mass is 16.3. The molecule has 2 amide bonds. The summed E-state index contributed by atoms with van der Waals surface area (Å²) >= 11 is 0. The average Bonchev–Trinajstić information content (AvgIpc) is 2.73. The average molecular weight is 257 g/mol. The number of rotatable bonds is 7. The van der Waals surface area contributed by atoms with E-state index in [-0.39, 0.29) is 12.6 Å². The van der Waals surface area contributed by atoms with E-state index in [1.807, 2.05) is 0 Å². The first-order valence-corrected chi connectivity index (χ1v) is 6.96. The highest BCUT2D eigenvalue weighted by Crippen LogP contribution is 2.16. The zero-order valence-corrected chi connectivity index (χ0v) is 11.6. The molecule has 3 N–H and O–H groups in total. The molecule has 5 heteroatoms. The Morgan fingerprint density at radius 3 is 2.89 bits per heavy atom. The molecule has 0 aromatic heterocycles. The van der Waals surface area contributed by atoms with E-state index in [1.54, 1.807) is 0 Å². The van der Waals surface area contributed by atoms with Gasteiger partial charge in [0.1, 0.15) is 0 Å². The minimum absolute atomic E-state index is 0.118. The van der Waals surface area contributed by atoms with Gasteiger partial charge in [0.2, 0.25) is 0 Å². The van der Waals surface area contributed by atoms with Crippen LogP contribution in [0.1, 0.15) is 26.7 Å². The lowest BCUT2D eigenvalue weighted by atomic mass is 10.1. The quantitative estimate of drug-likeness (QED) is 0.587. The van der Waals surface area contributed by atoms with Crippen molar-refractivity contribution in [3.8, 4) is 0 Å². The second-order valence-electron chi connectivity index (χ2n) is 5.52. The van der Waals surface area contributed by atoms with Gasteiger partial charge in [-0.2, -0.15) is 0 Å². The second-order valence-corrected chi connectivity index (χ2v) is 5.52. The van der Waals surface area contributed by atoms with E-state index in [4.69, 9.17) is 5.11 Å². The molecular formula is C13H27N3O2. The molecule has 1 aliphatic heterocycles. The van der Waals surface area contributed by atoms with Crippen molar-refractivity contribution in [2.24, 2.45) is 11.8 Å². The minimum Gasteiger partial charge on any atom is -0.396 e. The normalized spacial score (nSPS) is 20.3. The molecule has 1 aliphatic rings. The van der Waals surface area contributed by atoms with Crippen LogP contribution in [0.5, 0.6) is 0 Å². The van der Waals surface area contributed by atoms with Crippen LogP contribution in [0.15, 0.2) is 0 Å². The number of nitrogens with one attached hydrogen (secondary N) is 2. The third kappa shape index (κ3) is 6.21. The Labute approximate surface area is 110 Å². The summed E-state index contributed by atoms with van der Waals surface area (Å²) in [4.78, 5) is 13.9. The second kappa shape index (κ2) is 8.32. The van der Waals surface area contributed by atoms with Crippen LogP contribution in [0, 0.1) is 11.8 Å². The monoisotopic (exact) mass is 257 g/mol. The van der Waals surface area contributed by atoms with E-state index in [1.165, 1.54) is 6.42 Å². The highest BCUT2D eigenvalue weighted by Gasteiger charge is 2.22. The van der Waals surface area contributed by atoms with Gasteiger partial charge >= 0.3 is 6.03 Å². The fraction of sp³-hybridized carbons (Fsp3) is 0.923. The Kier molecular flexibility index (Phi) is 7.05. The SMILES string of the molecule is CC(C)CN1CCC(CNC(=O)NCCCO)C1. The van der Waals surface area contributed by atoms with Gasteiger partial charge in [0, 0.05) is 32.8 Å². The van der Waals surface area contributed by atoms with Crippen LogP contribution in [0.2, 0.25) is 0 Å². The van der Waals surface area contributed by atoms with E-state index in [0.29, 0.717) is 24.8 Å². The molecule has 1 rings (SSSR count). The molecule has 0 saturated carbocycles. The Bertz CT molecular complexity index is 246. The predicted octanol–water partition coefficient (Wildman–Crippen LogP) is 0.646. The molecule has 0 radical (unpaired) electrons. The summed E-state index contributed by atoms with van der Waals surface area (Å²) in [6.45, 7) is 9.27. The molecule has 5 nitrogen and oxygen atoms in total. The summed E-state index contributed by atoms with van der Waals surface area (Å²) in [7, 11) is 0. The number of urea groups is 1. The van der Waals surface area contributed by atoms with Crippen molar-refractivity contribution >= 4 is 6.03 Å². The molecule has 0 bridgehead atoms. The van der Waals surface area contributed by atoms with Crippen molar-refractivity contribution in [1.82, 2.24) is 15.5 Å². The van der Waals surface area contributed by atoms with Crippen molar-refractivity contribution in [3.63, 3.8) is 0 Å². The number of likely N-dealkylation sites (tertiary alicyclic amines) is 1. The molecule has 0 aliphatic carbocycles. The van der Waals surface area contributed by atoms with Gasteiger partial charge < -0.3 is 20.6 Å². The topological polar surface area (TPSA) is 64.6 Å². The van der Waals surface area contributed by atoms with Gasteiger partial charge in [-0.3, -0.25) is 0 Å². The van der Waals surface area contributed by atoms with Gasteiger partial charge in [0.15, 0.2) is 0 Å². The van der Waals surface area contributed by atoms with Gasteiger partial charge in [0.05, 0.1) is 0 Å². The van der Waals surface area contributed by atoms with Gasteiger partial charge in [-0.25, -0.2) is 4.79 Å². The van der Waals surface area contributed by atoms with Crippen LogP contribution in [-0.4, -0.2) is 55.4 Å². The fourth-order valence-corrected chi connectivity index (χ4v) is 2.34. The van der Waals surface area contributed by atoms with Gasteiger partial charge in [-0.05, 0) is 31.2 Å². The van der Waals surface area contributed by atoms with Crippen LogP contribution in [0.25, 0.3) is 0 Å². The molecule has 1 heterocycles. The summed E-state index contributed by atoms with van der Waals surface area (Å²) in [6, 6.07) is -0.120. The van der Waals surface area contributed by atoms with Crippen LogP contribution in [-0.2, 0) is 0 Å². The third-order valence-electron chi connectivity index (χ3n) is 3.17. The van der Waals surface area contributed by atoms with E-state index < -0.39 is 0 Å². The first kappa shape index (κ1) is 15.2. The standard InChI is InChI=1S/C13H27N3O2/c1-11(2)9-16-6-4-12(10-16)8-15-13(18)14-5-3-7-17/h11-12,17H,3-10H2,1-2H3,(H2,14,15,18). The van der Waals surface area contributed by atoms with Crippen molar-refractivity contribution in [1.29, 1.82) is 0 Å². The largest absolute Gasteiger partial charge is 0.396 e. The summed E-state index contributed by atoms with van der Waals surface area (Å²) < 4.78 is 0. The Hall–Kier alpha value is -0.810. The van der Waals surface area contributed by atoms with Crippen molar-refractivity contribution in [3.05, 3.63) is 0 Å². The Balaban J connectivity index is 2.08. The third-order valence-corrected chi connectivity index (χ3v) is 3.17. The van der Waals surface area contributed by atoms with Gasteiger partial charge in [-0.15, -0.1) is 0 Å². The number of amides is 2. The first-order valence-electron chi connectivity index (χ1n) is 6.96. The number of hydrogen-bond donors (Lipinski definition) is 3. The molecular weight excluding hydrogens is 230 g/mol. The van der Waals surface area contributed by atoms with Crippen LogP contribution in [0.4, 0.5) is 4.79 Å². The summed E-state index contributed by atoms with van der Waals surface area (Å²) in [5.74, 6) is 1.28. The lowest BCUT2D eigenvalue weighted by Gasteiger charge is -2.18. The van der Waals surface area contributed by atoms with E-state index >= 15 is 0 Å². The van der Waals surface area contributed by atoms with Crippen LogP contribution < -0.4 is 10.6 Å². The first-order chi connectivity index (χ1) is 8.61.